The number of carbonyl (C=O) groups excluding carboxylic acids is 1. The monoisotopic (exact) mass is 280 g/mol. The molecule has 0 saturated heterocycles. The number of ketones is 1. The Morgan fingerprint density at radius 2 is 2.11 bits per heavy atom. The van der Waals surface area contributed by atoms with E-state index in [9.17, 15) is 4.79 Å². The zero-order chi connectivity index (χ0) is 13.8. The molecule has 0 amide bonds. The van der Waals surface area contributed by atoms with Gasteiger partial charge in [0.15, 0.2) is 5.78 Å². The van der Waals surface area contributed by atoms with Gasteiger partial charge in [-0.25, -0.2) is 0 Å². The highest BCUT2D eigenvalue weighted by atomic mass is 35.5. The predicted molar refractivity (Wildman–Crippen MR) is 78.1 cm³/mol. The lowest BCUT2D eigenvalue weighted by atomic mass is 9.74. The first-order valence-corrected chi connectivity index (χ1v) is 7.43. The average molecular weight is 281 g/mol. The summed E-state index contributed by atoms with van der Waals surface area (Å²) in [5, 5.41) is 0.601. The van der Waals surface area contributed by atoms with Crippen LogP contribution >= 0.6 is 11.6 Å². The van der Waals surface area contributed by atoms with Crippen molar-refractivity contribution in [2.45, 2.75) is 39.0 Å². The molecule has 0 bridgehead atoms. The van der Waals surface area contributed by atoms with Gasteiger partial charge in [-0.15, -0.1) is 0 Å². The Bertz CT molecular complexity index is 456. The maximum Gasteiger partial charge on any atom is 0.169 e. The van der Waals surface area contributed by atoms with Crippen molar-refractivity contribution in [1.29, 1.82) is 0 Å². The standard InChI is InChI=1S/C16H21ClO2/c1-3-11-6-4-5-7-13(11)16(18)14-9-8-12(17)10-15(14)19-2/h8-11,13H,3-7H2,1-2H3. The molecule has 0 aromatic heterocycles. The van der Waals surface area contributed by atoms with E-state index >= 15 is 0 Å². The third-order valence-electron chi connectivity index (χ3n) is 4.20. The molecule has 19 heavy (non-hydrogen) atoms. The summed E-state index contributed by atoms with van der Waals surface area (Å²) in [6.07, 6.45) is 5.65. The van der Waals surface area contributed by atoms with Crippen LogP contribution in [0.3, 0.4) is 0 Å². The van der Waals surface area contributed by atoms with E-state index in [1.165, 1.54) is 12.8 Å². The van der Waals surface area contributed by atoms with Crippen LogP contribution in [0.4, 0.5) is 0 Å². The normalized spacial score (nSPS) is 23.1. The summed E-state index contributed by atoms with van der Waals surface area (Å²) in [5.74, 6) is 1.48. The Morgan fingerprint density at radius 1 is 1.37 bits per heavy atom. The van der Waals surface area contributed by atoms with Crippen molar-refractivity contribution in [1.82, 2.24) is 0 Å². The highest BCUT2D eigenvalue weighted by molar-refractivity contribution is 6.30. The van der Waals surface area contributed by atoms with Crippen molar-refractivity contribution >= 4 is 17.4 Å². The maximum atomic E-state index is 12.7. The van der Waals surface area contributed by atoms with Crippen LogP contribution in [0.25, 0.3) is 0 Å². The van der Waals surface area contributed by atoms with Crippen LogP contribution in [0.5, 0.6) is 5.75 Å². The van der Waals surface area contributed by atoms with Gasteiger partial charge in [-0.1, -0.05) is 37.8 Å². The lowest BCUT2D eigenvalue weighted by Gasteiger charge is -2.30. The van der Waals surface area contributed by atoms with E-state index in [1.54, 1.807) is 25.3 Å². The van der Waals surface area contributed by atoms with Gasteiger partial charge >= 0.3 is 0 Å². The van der Waals surface area contributed by atoms with Gasteiger partial charge < -0.3 is 4.74 Å². The summed E-state index contributed by atoms with van der Waals surface area (Å²) < 4.78 is 5.30. The number of hydrogen-bond acceptors (Lipinski definition) is 2. The SMILES string of the molecule is CCC1CCCCC1C(=O)c1ccc(Cl)cc1OC. The van der Waals surface area contributed by atoms with Gasteiger partial charge in [0.25, 0.3) is 0 Å². The van der Waals surface area contributed by atoms with Crippen LogP contribution in [-0.4, -0.2) is 12.9 Å². The van der Waals surface area contributed by atoms with Gasteiger partial charge in [0, 0.05) is 10.9 Å². The van der Waals surface area contributed by atoms with E-state index in [-0.39, 0.29) is 11.7 Å². The molecule has 2 atom stereocenters. The minimum absolute atomic E-state index is 0.147. The molecular formula is C16H21ClO2. The molecule has 2 nitrogen and oxygen atoms in total. The highest BCUT2D eigenvalue weighted by Gasteiger charge is 2.31. The predicted octanol–water partition coefficient (Wildman–Crippen LogP) is 4.75. The van der Waals surface area contributed by atoms with Gasteiger partial charge in [0.2, 0.25) is 0 Å². The quantitative estimate of drug-likeness (QED) is 0.744. The third-order valence-corrected chi connectivity index (χ3v) is 4.43. The molecule has 0 aliphatic heterocycles. The minimum atomic E-state index is 0.147. The number of hydrogen-bond donors (Lipinski definition) is 0. The molecule has 1 aliphatic rings. The van der Waals surface area contributed by atoms with E-state index in [2.05, 4.69) is 6.92 Å². The van der Waals surface area contributed by atoms with E-state index < -0.39 is 0 Å². The number of benzene rings is 1. The molecule has 1 saturated carbocycles. The first-order chi connectivity index (χ1) is 9.17. The molecule has 3 heteroatoms. The topological polar surface area (TPSA) is 26.3 Å². The van der Waals surface area contributed by atoms with Gasteiger partial charge in [-0.05, 0) is 37.0 Å². The Labute approximate surface area is 120 Å². The summed E-state index contributed by atoms with van der Waals surface area (Å²) >= 11 is 5.95. The highest BCUT2D eigenvalue weighted by Crippen LogP contribution is 2.36. The number of rotatable bonds is 4. The van der Waals surface area contributed by atoms with Crippen LogP contribution < -0.4 is 4.74 Å². The van der Waals surface area contributed by atoms with E-state index in [1.807, 2.05) is 0 Å². The molecule has 2 unspecified atom stereocenters. The van der Waals surface area contributed by atoms with Crippen LogP contribution in [0.2, 0.25) is 5.02 Å². The second kappa shape index (κ2) is 6.42. The van der Waals surface area contributed by atoms with E-state index in [4.69, 9.17) is 16.3 Å². The summed E-state index contributed by atoms with van der Waals surface area (Å²) in [7, 11) is 1.58. The van der Waals surface area contributed by atoms with Crippen molar-refractivity contribution in [2.75, 3.05) is 7.11 Å². The molecule has 1 fully saturated rings. The maximum absolute atomic E-state index is 12.7. The van der Waals surface area contributed by atoms with Crippen LogP contribution in [-0.2, 0) is 0 Å². The molecule has 0 radical (unpaired) electrons. The number of carbonyl (C=O) groups is 1. The first-order valence-electron chi connectivity index (χ1n) is 7.05. The minimum Gasteiger partial charge on any atom is -0.496 e. The number of halogens is 1. The Hall–Kier alpha value is -1.02. The van der Waals surface area contributed by atoms with Gasteiger partial charge in [-0.3, -0.25) is 4.79 Å². The zero-order valence-corrected chi connectivity index (χ0v) is 12.4. The lowest BCUT2D eigenvalue weighted by Crippen LogP contribution is -2.27. The van der Waals surface area contributed by atoms with Crippen molar-refractivity contribution in [3.05, 3.63) is 28.8 Å². The largest absolute Gasteiger partial charge is 0.496 e. The van der Waals surface area contributed by atoms with E-state index in [0.717, 1.165) is 19.3 Å². The fourth-order valence-corrected chi connectivity index (χ4v) is 3.27. The summed E-state index contributed by atoms with van der Waals surface area (Å²) in [6, 6.07) is 5.28. The van der Waals surface area contributed by atoms with Crippen LogP contribution in [0.1, 0.15) is 49.4 Å². The molecule has 0 heterocycles. The molecule has 0 N–H and O–H groups in total. The third kappa shape index (κ3) is 3.11. The average Bonchev–Trinajstić information content (AvgIpc) is 2.46. The second-order valence-electron chi connectivity index (χ2n) is 5.27. The Kier molecular flexibility index (Phi) is 4.87. The molecule has 1 aromatic carbocycles. The number of Topliss-reactive ketones (excluding diaryl/α,β-unsaturated/α-hetero) is 1. The lowest BCUT2D eigenvalue weighted by molar-refractivity contribution is 0.0817. The van der Waals surface area contributed by atoms with Crippen molar-refractivity contribution in [3.8, 4) is 5.75 Å². The number of methoxy groups -OCH3 is 1. The summed E-state index contributed by atoms with van der Waals surface area (Å²) in [5.41, 5.74) is 0.678. The van der Waals surface area contributed by atoms with Gasteiger partial charge in [0.1, 0.15) is 5.75 Å². The van der Waals surface area contributed by atoms with Crippen molar-refractivity contribution in [2.24, 2.45) is 11.8 Å². The summed E-state index contributed by atoms with van der Waals surface area (Å²) in [6.45, 7) is 2.18. The molecule has 1 aliphatic carbocycles. The first kappa shape index (κ1) is 14.4. The molecule has 1 aromatic rings. The van der Waals surface area contributed by atoms with E-state index in [0.29, 0.717) is 22.3 Å². The smallest absolute Gasteiger partial charge is 0.169 e. The van der Waals surface area contributed by atoms with Crippen LogP contribution in [0.15, 0.2) is 18.2 Å². The van der Waals surface area contributed by atoms with Gasteiger partial charge in [-0.2, -0.15) is 0 Å². The Balaban J connectivity index is 2.27. The molecule has 2 rings (SSSR count). The Morgan fingerprint density at radius 3 is 2.79 bits per heavy atom. The molecule has 0 spiro atoms. The van der Waals surface area contributed by atoms with Crippen molar-refractivity contribution in [3.63, 3.8) is 0 Å². The van der Waals surface area contributed by atoms with Gasteiger partial charge in [0.05, 0.1) is 12.7 Å². The fraction of sp³-hybridized carbons (Fsp3) is 0.562. The van der Waals surface area contributed by atoms with Crippen LogP contribution in [0, 0.1) is 11.8 Å². The number of ether oxygens (including phenoxy) is 1. The fourth-order valence-electron chi connectivity index (χ4n) is 3.11. The summed E-state index contributed by atoms with van der Waals surface area (Å²) in [4.78, 5) is 12.7. The second-order valence-corrected chi connectivity index (χ2v) is 5.70. The van der Waals surface area contributed by atoms with Crippen molar-refractivity contribution < 1.29 is 9.53 Å². The molecule has 104 valence electrons. The molecular weight excluding hydrogens is 260 g/mol. The zero-order valence-electron chi connectivity index (χ0n) is 11.6.